The van der Waals surface area contributed by atoms with Crippen LogP contribution in [0.1, 0.15) is 11.1 Å². The van der Waals surface area contributed by atoms with Gasteiger partial charge in [0, 0.05) is 0 Å². The summed E-state index contributed by atoms with van der Waals surface area (Å²) < 4.78 is 4.88. The van der Waals surface area contributed by atoms with Crippen LogP contribution in [0, 0.1) is 18.3 Å². The van der Waals surface area contributed by atoms with Crippen molar-refractivity contribution in [3.8, 4) is 6.07 Å². The van der Waals surface area contributed by atoms with Crippen molar-refractivity contribution in [2.24, 2.45) is 0 Å². The molecular weight excluding hydrogens is 375 g/mol. The molecule has 2 aromatic carbocycles. The lowest BCUT2D eigenvalue weighted by molar-refractivity contribution is -0.142. The number of carbonyl (C=O) groups excluding carboxylic acids is 2. The van der Waals surface area contributed by atoms with Crippen LogP contribution in [-0.4, -0.2) is 18.5 Å². The number of rotatable bonds is 5. The van der Waals surface area contributed by atoms with Gasteiger partial charge in [0.1, 0.15) is 11.6 Å². The van der Waals surface area contributed by atoms with Crippen molar-refractivity contribution in [1.82, 2.24) is 0 Å². The van der Waals surface area contributed by atoms with E-state index in [2.05, 4.69) is 5.32 Å². The Bertz CT molecular complexity index is 900. The van der Waals surface area contributed by atoms with E-state index in [0.717, 1.165) is 5.56 Å². The van der Waals surface area contributed by atoms with Crippen molar-refractivity contribution in [3.63, 3.8) is 0 Å². The molecule has 2 aromatic rings. The van der Waals surface area contributed by atoms with E-state index < -0.39 is 18.5 Å². The van der Waals surface area contributed by atoms with Crippen LogP contribution in [0.4, 0.5) is 5.69 Å². The summed E-state index contributed by atoms with van der Waals surface area (Å²) in [7, 11) is 0. The first-order chi connectivity index (χ1) is 12.4. The summed E-state index contributed by atoms with van der Waals surface area (Å²) in [6.45, 7) is 1.37. The highest BCUT2D eigenvalue weighted by atomic mass is 35.5. The lowest BCUT2D eigenvalue weighted by Gasteiger charge is -2.08. The summed E-state index contributed by atoms with van der Waals surface area (Å²) in [5.41, 5.74) is 1.83. The zero-order valence-electron chi connectivity index (χ0n) is 13.8. The molecule has 0 aliphatic heterocycles. The van der Waals surface area contributed by atoms with Crippen molar-refractivity contribution >= 4 is 46.8 Å². The van der Waals surface area contributed by atoms with Crippen molar-refractivity contribution < 1.29 is 14.3 Å². The number of nitriles is 1. The molecule has 5 nitrogen and oxygen atoms in total. The third-order valence-corrected chi connectivity index (χ3v) is 4.11. The Morgan fingerprint density at radius 3 is 2.54 bits per heavy atom. The van der Waals surface area contributed by atoms with Crippen LogP contribution < -0.4 is 5.32 Å². The van der Waals surface area contributed by atoms with Crippen LogP contribution in [0.25, 0.3) is 6.08 Å². The lowest BCUT2D eigenvalue weighted by Crippen LogP contribution is -2.21. The van der Waals surface area contributed by atoms with Gasteiger partial charge in [0.2, 0.25) is 0 Å². The minimum absolute atomic E-state index is 0.186. The molecule has 1 amide bonds. The Morgan fingerprint density at radius 2 is 1.88 bits per heavy atom. The van der Waals surface area contributed by atoms with E-state index in [1.54, 1.807) is 36.4 Å². The molecule has 0 heterocycles. The topological polar surface area (TPSA) is 79.2 Å². The summed E-state index contributed by atoms with van der Waals surface area (Å²) in [6.07, 6.45) is 1.40. The Kier molecular flexibility index (Phi) is 6.79. The summed E-state index contributed by atoms with van der Waals surface area (Å²) >= 11 is 11.8. The van der Waals surface area contributed by atoms with Crippen LogP contribution in [-0.2, 0) is 14.3 Å². The van der Waals surface area contributed by atoms with E-state index in [9.17, 15) is 9.59 Å². The molecular formula is C19H14Cl2N2O3. The summed E-state index contributed by atoms with van der Waals surface area (Å²) in [5.74, 6) is -1.49. The molecule has 0 aliphatic carbocycles. The van der Waals surface area contributed by atoms with Crippen LogP contribution in [0.2, 0.25) is 10.0 Å². The third kappa shape index (κ3) is 5.35. The highest BCUT2D eigenvalue weighted by molar-refractivity contribution is 6.44. The van der Waals surface area contributed by atoms with Gasteiger partial charge in [-0.05, 0) is 30.7 Å². The monoisotopic (exact) mass is 388 g/mol. The van der Waals surface area contributed by atoms with Gasteiger partial charge >= 0.3 is 5.97 Å². The molecule has 0 aromatic heterocycles. The highest BCUT2D eigenvalue weighted by Gasteiger charge is 2.14. The van der Waals surface area contributed by atoms with Crippen molar-refractivity contribution in [2.75, 3.05) is 11.9 Å². The minimum atomic E-state index is -0.889. The molecule has 0 bridgehead atoms. The number of halogens is 2. The summed E-state index contributed by atoms with van der Waals surface area (Å²) in [6, 6.07) is 13.8. The number of anilines is 1. The summed E-state index contributed by atoms with van der Waals surface area (Å²) in [4.78, 5) is 23.9. The van der Waals surface area contributed by atoms with Gasteiger partial charge < -0.3 is 10.1 Å². The van der Waals surface area contributed by atoms with E-state index in [1.165, 1.54) is 6.08 Å². The number of benzene rings is 2. The SMILES string of the molecule is Cc1ccc(/C=C(\C#N)C(=O)OCC(=O)Nc2cccc(Cl)c2Cl)cc1. The second-order valence-corrected chi connectivity index (χ2v) is 6.09. The van der Waals surface area contributed by atoms with Crippen molar-refractivity contribution in [3.05, 3.63) is 69.2 Å². The number of carbonyl (C=O) groups is 2. The van der Waals surface area contributed by atoms with Crippen molar-refractivity contribution in [2.45, 2.75) is 6.92 Å². The van der Waals surface area contributed by atoms with E-state index in [1.807, 2.05) is 19.1 Å². The average Bonchev–Trinajstić information content (AvgIpc) is 2.63. The first-order valence-corrected chi connectivity index (χ1v) is 8.25. The Labute approximate surface area is 160 Å². The van der Waals surface area contributed by atoms with Gasteiger partial charge in [-0.1, -0.05) is 59.1 Å². The Morgan fingerprint density at radius 1 is 1.19 bits per heavy atom. The van der Waals surface area contributed by atoms with Gasteiger partial charge in [-0.2, -0.15) is 5.26 Å². The lowest BCUT2D eigenvalue weighted by atomic mass is 10.1. The zero-order chi connectivity index (χ0) is 19.1. The quantitative estimate of drug-likeness (QED) is 0.467. The maximum atomic E-state index is 12.0. The first kappa shape index (κ1) is 19.5. The number of aryl methyl sites for hydroxylation is 1. The average molecular weight is 389 g/mol. The second kappa shape index (κ2) is 9.04. The molecule has 0 fully saturated rings. The van der Waals surface area contributed by atoms with E-state index in [-0.39, 0.29) is 15.6 Å². The Hall–Kier alpha value is -2.81. The fourth-order valence-corrected chi connectivity index (χ4v) is 2.31. The van der Waals surface area contributed by atoms with Crippen molar-refractivity contribution in [1.29, 1.82) is 5.26 Å². The fraction of sp³-hybridized carbons (Fsp3) is 0.105. The van der Waals surface area contributed by atoms with E-state index >= 15 is 0 Å². The van der Waals surface area contributed by atoms with Gasteiger partial charge in [0.25, 0.3) is 5.91 Å². The predicted molar refractivity (Wildman–Crippen MR) is 101 cm³/mol. The molecule has 26 heavy (non-hydrogen) atoms. The second-order valence-electron chi connectivity index (χ2n) is 5.31. The third-order valence-electron chi connectivity index (χ3n) is 3.29. The number of amides is 1. The van der Waals surface area contributed by atoms with Gasteiger partial charge in [0.05, 0.1) is 15.7 Å². The first-order valence-electron chi connectivity index (χ1n) is 7.50. The van der Waals surface area contributed by atoms with Gasteiger partial charge in [-0.3, -0.25) is 4.79 Å². The number of nitrogens with zero attached hydrogens (tertiary/aromatic N) is 1. The maximum absolute atomic E-state index is 12.0. The van der Waals surface area contributed by atoms with Gasteiger partial charge in [0.15, 0.2) is 6.61 Å². The normalized spacial score (nSPS) is 10.8. The number of hydrogen-bond donors (Lipinski definition) is 1. The largest absolute Gasteiger partial charge is 0.451 e. The molecule has 0 radical (unpaired) electrons. The highest BCUT2D eigenvalue weighted by Crippen LogP contribution is 2.29. The molecule has 2 rings (SSSR count). The Balaban J connectivity index is 1.98. The van der Waals surface area contributed by atoms with E-state index in [4.69, 9.17) is 33.2 Å². The molecule has 0 unspecified atom stereocenters. The molecule has 0 aliphatic rings. The minimum Gasteiger partial charge on any atom is -0.451 e. The molecule has 1 N–H and O–H groups in total. The van der Waals surface area contributed by atoms with Crippen LogP contribution >= 0.6 is 23.2 Å². The number of hydrogen-bond acceptors (Lipinski definition) is 4. The number of ether oxygens (including phenoxy) is 1. The molecule has 0 spiro atoms. The van der Waals surface area contributed by atoms with E-state index in [0.29, 0.717) is 11.3 Å². The van der Waals surface area contributed by atoms with Crippen LogP contribution in [0.15, 0.2) is 48.0 Å². The molecule has 0 atom stereocenters. The molecule has 132 valence electrons. The van der Waals surface area contributed by atoms with Gasteiger partial charge in [-0.25, -0.2) is 4.79 Å². The van der Waals surface area contributed by atoms with Crippen LogP contribution in [0.5, 0.6) is 0 Å². The van der Waals surface area contributed by atoms with Crippen LogP contribution in [0.3, 0.4) is 0 Å². The standard InChI is InChI=1S/C19H14Cl2N2O3/c1-12-5-7-13(8-6-12)9-14(10-22)19(25)26-11-17(24)23-16-4-2-3-15(20)18(16)21/h2-9H,11H2,1H3,(H,23,24)/b14-9+. The van der Waals surface area contributed by atoms with Gasteiger partial charge in [-0.15, -0.1) is 0 Å². The zero-order valence-corrected chi connectivity index (χ0v) is 15.3. The number of esters is 1. The predicted octanol–water partition coefficient (Wildman–Crippen LogP) is 4.39. The molecule has 0 saturated carbocycles. The number of nitrogens with one attached hydrogen (secondary N) is 1. The smallest absolute Gasteiger partial charge is 0.349 e. The maximum Gasteiger partial charge on any atom is 0.349 e. The summed E-state index contributed by atoms with van der Waals surface area (Å²) in [5, 5.41) is 12.1. The molecule has 7 heteroatoms. The fourth-order valence-electron chi connectivity index (χ4n) is 1.96. The molecule has 0 saturated heterocycles.